The molecule has 0 atom stereocenters. The number of aromatic nitrogens is 3. The summed E-state index contributed by atoms with van der Waals surface area (Å²) in [6.07, 6.45) is 3.41. The predicted molar refractivity (Wildman–Crippen MR) is 116 cm³/mol. The highest BCUT2D eigenvalue weighted by molar-refractivity contribution is 7.98. The van der Waals surface area contributed by atoms with Crippen molar-refractivity contribution >= 4 is 27.7 Å². The van der Waals surface area contributed by atoms with E-state index in [0.717, 1.165) is 28.4 Å². The number of nitrogens with zero attached hydrogens (tertiary/aromatic N) is 4. The summed E-state index contributed by atoms with van der Waals surface area (Å²) in [5.74, 6) is 1.15. The highest BCUT2D eigenvalue weighted by atomic mass is 32.2. The number of hydroxylamine groups is 1. The van der Waals surface area contributed by atoms with E-state index < -0.39 is 10.0 Å². The fraction of sp³-hybridized carbons (Fsp3) is 0.526. The lowest BCUT2D eigenvalue weighted by Gasteiger charge is -2.14. The van der Waals surface area contributed by atoms with Gasteiger partial charge in [0, 0.05) is 32.1 Å². The molecule has 2 aromatic rings. The van der Waals surface area contributed by atoms with Gasteiger partial charge >= 0.3 is 0 Å². The van der Waals surface area contributed by atoms with Gasteiger partial charge in [0.2, 0.25) is 0 Å². The van der Waals surface area contributed by atoms with Crippen LogP contribution in [0, 0.1) is 5.92 Å². The van der Waals surface area contributed by atoms with Crippen LogP contribution >= 0.6 is 11.8 Å². The Labute approximate surface area is 182 Å². The van der Waals surface area contributed by atoms with E-state index in [9.17, 15) is 13.2 Å². The molecule has 30 heavy (non-hydrogen) atoms. The van der Waals surface area contributed by atoms with Gasteiger partial charge in [0.1, 0.15) is 5.82 Å². The second-order valence-electron chi connectivity index (χ2n) is 7.09. The van der Waals surface area contributed by atoms with Crippen molar-refractivity contribution in [2.24, 2.45) is 5.92 Å². The van der Waals surface area contributed by atoms with Gasteiger partial charge in [-0.05, 0) is 42.9 Å². The molecule has 1 heterocycles. The van der Waals surface area contributed by atoms with Crippen molar-refractivity contribution in [2.75, 3.05) is 27.0 Å². The van der Waals surface area contributed by atoms with E-state index >= 15 is 0 Å². The van der Waals surface area contributed by atoms with Crippen LogP contribution in [0.25, 0.3) is 0 Å². The second kappa shape index (κ2) is 10.9. The zero-order chi connectivity index (χ0) is 22.3. The van der Waals surface area contributed by atoms with Crippen molar-refractivity contribution in [2.45, 2.75) is 43.3 Å². The zero-order valence-corrected chi connectivity index (χ0v) is 19.6. The molecule has 0 saturated carbocycles. The molecule has 0 aliphatic carbocycles. The van der Waals surface area contributed by atoms with Crippen LogP contribution in [0.3, 0.4) is 0 Å². The van der Waals surface area contributed by atoms with Crippen LogP contribution in [-0.4, -0.2) is 60.5 Å². The van der Waals surface area contributed by atoms with E-state index in [1.807, 2.05) is 6.26 Å². The maximum atomic E-state index is 12.3. The van der Waals surface area contributed by atoms with Crippen LogP contribution in [0.2, 0.25) is 0 Å². The molecular formula is C19H29N5O4S2. The van der Waals surface area contributed by atoms with E-state index in [1.54, 1.807) is 11.8 Å². The maximum absolute atomic E-state index is 12.3. The number of amides is 1. The van der Waals surface area contributed by atoms with Crippen LogP contribution < -0.4 is 5.32 Å². The molecule has 1 amide bonds. The standard InChI is InChI=1S/C19H29N5O4S2/c1-14(2)13-24-17(21-22-19(24)29-5)7-6-12-20-18(25)15-8-10-16(11-9-15)30(26,27)23(3)28-4/h8-11,14H,6-7,12-13H2,1-5H3,(H,20,25). The van der Waals surface area contributed by atoms with Gasteiger partial charge in [0.25, 0.3) is 15.9 Å². The summed E-state index contributed by atoms with van der Waals surface area (Å²) in [4.78, 5) is 17.1. The molecule has 0 saturated heterocycles. The molecule has 166 valence electrons. The minimum absolute atomic E-state index is 0.0532. The molecule has 0 aliphatic rings. The van der Waals surface area contributed by atoms with Crippen molar-refractivity contribution < 1.29 is 18.0 Å². The molecule has 0 fully saturated rings. The van der Waals surface area contributed by atoms with E-state index in [0.29, 0.717) is 24.4 Å². The number of hydrogen-bond donors (Lipinski definition) is 1. The van der Waals surface area contributed by atoms with Gasteiger partial charge in [-0.2, -0.15) is 0 Å². The Morgan fingerprint density at radius 3 is 2.50 bits per heavy atom. The number of rotatable bonds is 11. The molecule has 11 heteroatoms. The molecule has 0 unspecified atom stereocenters. The van der Waals surface area contributed by atoms with Crippen molar-refractivity contribution in [3.63, 3.8) is 0 Å². The number of thioether (sulfide) groups is 1. The first kappa shape index (κ1) is 24.3. The van der Waals surface area contributed by atoms with Crippen LogP contribution in [0.5, 0.6) is 0 Å². The molecular weight excluding hydrogens is 426 g/mol. The van der Waals surface area contributed by atoms with Gasteiger partial charge in [-0.3, -0.25) is 9.63 Å². The topological polar surface area (TPSA) is 106 Å². The number of benzene rings is 1. The molecule has 9 nitrogen and oxygen atoms in total. The molecule has 0 bridgehead atoms. The summed E-state index contributed by atoms with van der Waals surface area (Å²) < 4.78 is 27.3. The van der Waals surface area contributed by atoms with Crippen molar-refractivity contribution in [1.82, 2.24) is 24.5 Å². The first-order valence-electron chi connectivity index (χ1n) is 9.58. The average Bonchev–Trinajstić information content (AvgIpc) is 3.11. The highest BCUT2D eigenvalue weighted by Gasteiger charge is 2.21. The molecule has 1 aromatic carbocycles. The normalized spacial score (nSPS) is 12.0. The number of sulfonamides is 1. The Hall–Kier alpha value is -1.95. The fourth-order valence-electron chi connectivity index (χ4n) is 2.78. The number of nitrogens with one attached hydrogen (secondary N) is 1. The zero-order valence-electron chi connectivity index (χ0n) is 18.0. The summed E-state index contributed by atoms with van der Waals surface area (Å²) in [5.41, 5.74) is 0.390. The van der Waals surface area contributed by atoms with Crippen LogP contribution in [0.1, 0.15) is 36.5 Å². The Bertz CT molecular complexity index is 942. The van der Waals surface area contributed by atoms with E-state index in [1.165, 1.54) is 38.4 Å². The first-order chi connectivity index (χ1) is 14.2. The second-order valence-corrected chi connectivity index (χ2v) is 9.80. The quantitative estimate of drug-likeness (QED) is 0.314. The summed E-state index contributed by atoms with van der Waals surface area (Å²) in [6, 6.07) is 5.74. The third kappa shape index (κ3) is 6.03. The lowest BCUT2D eigenvalue weighted by atomic mass is 10.2. The van der Waals surface area contributed by atoms with Crippen molar-refractivity contribution in [3.05, 3.63) is 35.7 Å². The van der Waals surface area contributed by atoms with Crippen LogP contribution in [0.4, 0.5) is 0 Å². The van der Waals surface area contributed by atoms with Gasteiger partial charge in [-0.15, -0.1) is 10.2 Å². The predicted octanol–water partition coefficient (Wildman–Crippen LogP) is 2.20. The lowest BCUT2D eigenvalue weighted by molar-refractivity contribution is -0.0258. The van der Waals surface area contributed by atoms with E-state index in [-0.39, 0.29) is 10.8 Å². The van der Waals surface area contributed by atoms with E-state index in [2.05, 4.69) is 33.9 Å². The minimum atomic E-state index is -3.73. The molecule has 2 rings (SSSR count). The third-order valence-corrected chi connectivity index (χ3v) is 6.76. The summed E-state index contributed by atoms with van der Waals surface area (Å²) >= 11 is 1.57. The van der Waals surface area contributed by atoms with Gasteiger partial charge < -0.3 is 9.88 Å². The number of carbonyl (C=O) groups is 1. The Morgan fingerprint density at radius 1 is 1.27 bits per heavy atom. The molecule has 0 radical (unpaired) electrons. The monoisotopic (exact) mass is 455 g/mol. The van der Waals surface area contributed by atoms with Crippen LogP contribution in [0.15, 0.2) is 34.3 Å². The van der Waals surface area contributed by atoms with Gasteiger partial charge in [-0.25, -0.2) is 8.42 Å². The fourth-order valence-corrected chi connectivity index (χ4v) is 4.27. The molecule has 0 aliphatic heterocycles. The third-order valence-electron chi connectivity index (χ3n) is 4.40. The SMILES string of the molecule is CON(C)S(=O)(=O)c1ccc(C(=O)NCCCc2nnc(SC)n2CC(C)C)cc1. The largest absolute Gasteiger partial charge is 0.352 e. The maximum Gasteiger partial charge on any atom is 0.264 e. The Morgan fingerprint density at radius 2 is 1.93 bits per heavy atom. The Kier molecular flexibility index (Phi) is 8.83. The van der Waals surface area contributed by atoms with Gasteiger partial charge in [0.15, 0.2) is 5.16 Å². The van der Waals surface area contributed by atoms with Crippen molar-refractivity contribution in [3.8, 4) is 0 Å². The Balaban J connectivity index is 1.91. The van der Waals surface area contributed by atoms with Crippen molar-refractivity contribution in [1.29, 1.82) is 0 Å². The van der Waals surface area contributed by atoms with Gasteiger partial charge in [0.05, 0.1) is 12.0 Å². The summed E-state index contributed by atoms with van der Waals surface area (Å²) in [5, 5.41) is 12.3. The summed E-state index contributed by atoms with van der Waals surface area (Å²) in [7, 11) is -1.16. The molecule has 1 aromatic heterocycles. The average molecular weight is 456 g/mol. The number of aryl methyl sites for hydroxylation is 1. The number of hydrogen-bond acceptors (Lipinski definition) is 7. The highest BCUT2D eigenvalue weighted by Crippen LogP contribution is 2.17. The van der Waals surface area contributed by atoms with Crippen LogP contribution in [-0.2, 0) is 27.8 Å². The lowest BCUT2D eigenvalue weighted by Crippen LogP contribution is -2.26. The molecule has 1 N–H and O–H groups in total. The smallest absolute Gasteiger partial charge is 0.264 e. The minimum Gasteiger partial charge on any atom is -0.352 e. The number of carbonyl (C=O) groups excluding carboxylic acids is 1. The van der Waals surface area contributed by atoms with Gasteiger partial charge in [-0.1, -0.05) is 30.1 Å². The molecule has 0 spiro atoms. The van der Waals surface area contributed by atoms with E-state index in [4.69, 9.17) is 4.84 Å². The summed E-state index contributed by atoms with van der Waals surface area (Å²) in [6.45, 7) is 5.64. The first-order valence-corrected chi connectivity index (χ1v) is 12.2.